The van der Waals surface area contributed by atoms with Crippen LogP contribution in [-0.2, 0) is 21.4 Å². The summed E-state index contributed by atoms with van der Waals surface area (Å²) in [5.74, 6) is -0.503. The first-order chi connectivity index (χ1) is 20.7. The fourth-order valence-corrected chi connectivity index (χ4v) is 6.53. The van der Waals surface area contributed by atoms with Crippen molar-refractivity contribution in [1.82, 2.24) is 29.5 Å². The van der Waals surface area contributed by atoms with Gasteiger partial charge in [-0.1, -0.05) is 0 Å². The molecule has 0 unspecified atom stereocenters. The van der Waals surface area contributed by atoms with Gasteiger partial charge in [0.25, 0.3) is 0 Å². The molecule has 5 rings (SSSR count). The summed E-state index contributed by atoms with van der Waals surface area (Å²) in [7, 11) is 1.83. The van der Waals surface area contributed by atoms with Crippen molar-refractivity contribution in [3.63, 3.8) is 0 Å². The zero-order chi connectivity index (χ0) is 30.5. The Morgan fingerprint density at radius 1 is 0.953 bits per heavy atom. The number of nitrogens with one attached hydrogen (secondary N) is 2. The van der Waals surface area contributed by atoms with Crippen LogP contribution in [0.25, 0.3) is 0 Å². The first-order valence-electron chi connectivity index (χ1n) is 15.5. The van der Waals surface area contributed by atoms with Crippen molar-refractivity contribution in [2.45, 2.75) is 83.4 Å². The van der Waals surface area contributed by atoms with Gasteiger partial charge in [0.15, 0.2) is 0 Å². The van der Waals surface area contributed by atoms with Gasteiger partial charge in [0.05, 0.1) is 23.9 Å². The number of hydrogen-bond acceptors (Lipinski definition) is 10. The van der Waals surface area contributed by atoms with E-state index in [0.29, 0.717) is 49.1 Å². The Hall–Kier alpha value is -3.74. The topological polar surface area (TPSA) is 155 Å². The third-order valence-corrected chi connectivity index (χ3v) is 8.92. The molecule has 0 aromatic carbocycles. The second-order valence-corrected chi connectivity index (χ2v) is 12.3. The first-order valence-corrected chi connectivity index (χ1v) is 15.5. The number of carbonyl (C=O) groups is 3. The number of amides is 1. The van der Waals surface area contributed by atoms with E-state index in [2.05, 4.69) is 30.6 Å². The van der Waals surface area contributed by atoms with Gasteiger partial charge in [-0.25, -0.2) is 9.78 Å². The molecule has 2 saturated carbocycles. The second-order valence-electron chi connectivity index (χ2n) is 12.3. The van der Waals surface area contributed by atoms with E-state index < -0.39 is 11.9 Å². The Morgan fingerprint density at radius 2 is 1.63 bits per heavy atom. The maximum atomic E-state index is 13.1. The van der Waals surface area contributed by atoms with E-state index in [0.717, 1.165) is 57.5 Å². The fraction of sp³-hybridized carbons (Fsp3) is 0.667. The minimum Gasteiger partial charge on any atom is -0.481 e. The molecule has 3 N–H and O–H groups in total. The summed E-state index contributed by atoms with van der Waals surface area (Å²) >= 11 is 0. The van der Waals surface area contributed by atoms with Crippen LogP contribution in [0.5, 0.6) is 0 Å². The van der Waals surface area contributed by atoms with E-state index in [-0.39, 0.29) is 29.9 Å². The molecule has 13 heteroatoms. The number of aryl methyl sites for hydroxylation is 1. The maximum Gasteiger partial charge on any atom is 0.343 e. The molecule has 0 atom stereocenters. The quantitative estimate of drug-likeness (QED) is 0.365. The number of hydrogen-bond donors (Lipinski definition) is 3. The number of aliphatic carboxylic acids is 1. The molecule has 3 aliphatic rings. The summed E-state index contributed by atoms with van der Waals surface area (Å²) in [6.07, 6.45) is 11.2. The Labute approximate surface area is 252 Å². The van der Waals surface area contributed by atoms with E-state index in [1.165, 1.54) is 6.20 Å². The molecule has 3 fully saturated rings. The van der Waals surface area contributed by atoms with Crippen molar-refractivity contribution in [3.05, 3.63) is 24.2 Å². The molecule has 0 radical (unpaired) electrons. The first kappa shape index (κ1) is 30.7. The highest BCUT2D eigenvalue weighted by molar-refractivity contribution is 5.94. The summed E-state index contributed by atoms with van der Waals surface area (Å²) in [5.41, 5.74) is 1.06. The molecule has 2 aromatic rings. The van der Waals surface area contributed by atoms with E-state index in [1.807, 2.05) is 32.0 Å². The standard InChI is InChI=1S/C30H44N8O5/c1-19(2)43-29(42)25-17-31-30(34-23-16-32-36(3)18-23)35-26(25)33-22-8-10-24(11-9-22)37-12-14-38(15-13-37)27(39)20-4-6-21(7-5-20)28(40)41/h16-22,24H,4-15H2,1-3H3,(H,40,41)(H2,31,33,34,35). The third kappa shape index (κ3) is 7.81. The lowest BCUT2D eigenvalue weighted by atomic mass is 9.81. The molecule has 0 bridgehead atoms. The van der Waals surface area contributed by atoms with Crippen LogP contribution in [0.2, 0.25) is 0 Å². The molecule has 234 valence electrons. The van der Waals surface area contributed by atoms with E-state index in [4.69, 9.17) is 4.74 Å². The molecular formula is C30H44N8O5. The highest BCUT2D eigenvalue weighted by Crippen LogP contribution is 2.32. The second kappa shape index (κ2) is 13.7. The summed E-state index contributed by atoms with van der Waals surface area (Å²) in [4.78, 5) is 50.6. The molecule has 0 spiro atoms. The van der Waals surface area contributed by atoms with E-state index in [1.54, 1.807) is 10.9 Å². The number of carbonyl (C=O) groups excluding carboxylic acids is 2. The molecular weight excluding hydrogens is 552 g/mol. The van der Waals surface area contributed by atoms with Gasteiger partial charge in [0.2, 0.25) is 11.9 Å². The zero-order valence-corrected chi connectivity index (χ0v) is 25.4. The van der Waals surface area contributed by atoms with Crippen molar-refractivity contribution >= 4 is 35.3 Å². The highest BCUT2D eigenvalue weighted by atomic mass is 16.5. The molecule has 43 heavy (non-hydrogen) atoms. The molecule has 2 aliphatic carbocycles. The molecule has 1 saturated heterocycles. The average Bonchev–Trinajstić information content (AvgIpc) is 3.41. The molecule has 3 heterocycles. The fourth-order valence-electron chi connectivity index (χ4n) is 6.53. The van der Waals surface area contributed by atoms with Crippen molar-refractivity contribution in [3.8, 4) is 0 Å². The van der Waals surface area contributed by atoms with Gasteiger partial charge in [-0.15, -0.1) is 0 Å². The SMILES string of the molecule is CC(C)OC(=O)c1cnc(Nc2cnn(C)c2)nc1NC1CCC(N2CCN(C(=O)C3CCC(C(=O)O)CC3)CC2)CC1. The van der Waals surface area contributed by atoms with Gasteiger partial charge in [0.1, 0.15) is 11.4 Å². The largest absolute Gasteiger partial charge is 0.481 e. The maximum absolute atomic E-state index is 13.1. The predicted molar refractivity (Wildman–Crippen MR) is 160 cm³/mol. The number of rotatable bonds is 9. The number of ether oxygens (including phenoxy) is 1. The highest BCUT2D eigenvalue weighted by Gasteiger charge is 2.35. The summed E-state index contributed by atoms with van der Waals surface area (Å²) in [5, 5.41) is 20.1. The van der Waals surface area contributed by atoms with Crippen LogP contribution in [0.15, 0.2) is 18.6 Å². The minimum absolute atomic E-state index is 0.0340. The Balaban J connectivity index is 1.13. The molecule has 1 aliphatic heterocycles. The number of aromatic nitrogens is 4. The van der Waals surface area contributed by atoms with Crippen LogP contribution in [0.1, 0.15) is 75.6 Å². The van der Waals surface area contributed by atoms with E-state index in [9.17, 15) is 19.5 Å². The Kier molecular flexibility index (Phi) is 9.79. The van der Waals surface area contributed by atoms with Crippen LogP contribution in [0.4, 0.5) is 17.5 Å². The van der Waals surface area contributed by atoms with E-state index >= 15 is 0 Å². The Bertz CT molecular complexity index is 1280. The lowest BCUT2D eigenvalue weighted by Gasteiger charge is -2.43. The van der Waals surface area contributed by atoms with Crippen LogP contribution in [0.3, 0.4) is 0 Å². The Morgan fingerprint density at radius 3 is 2.23 bits per heavy atom. The van der Waals surface area contributed by atoms with Gasteiger partial charge < -0.3 is 25.4 Å². The van der Waals surface area contributed by atoms with Crippen molar-refractivity contribution in [2.24, 2.45) is 18.9 Å². The van der Waals surface area contributed by atoms with Crippen molar-refractivity contribution < 1.29 is 24.2 Å². The number of esters is 1. The molecule has 1 amide bonds. The van der Waals surface area contributed by atoms with Gasteiger partial charge in [0, 0.05) is 63.6 Å². The smallest absolute Gasteiger partial charge is 0.343 e. The summed E-state index contributed by atoms with van der Waals surface area (Å²) < 4.78 is 7.13. The van der Waals surface area contributed by atoms with Crippen LogP contribution in [-0.4, -0.2) is 96.9 Å². The minimum atomic E-state index is -0.738. The van der Waals surface area contributed by atoms with Crippen LogP contribution >= 0.6 is 0 Å². The van der Waals surface area contributed by atoms with Gasteiger partial charge >= 0.3 is 11.9 Å². The van der Waals surface area contributed by atoms with Gasteiger partial charge in [-0.05, 0) is 65.2 Å². The van der Waals surface area contributed by atoms with Gasteiger partial charge in [-0.3, -0.25) is 19.2 Å². The lowest BCUT2D eigenvalue weighted by Crippen LogP contribution is -2.54. The van der Waals surface area contributed by atoms with Crippen molar-refractivity contribution in [1.29, 1.82) is 0 Å². The number of anilines is 3. The summed E-state index contributed by atoms with van der Waals surface area (Å²) in [6, 6.07) is 0.617. The van der Waals surface area contributed by atoms with Crippen LogP contribution in [0, 0.1) is 11.8 Å². The summed E-state index contributed by atoms with van der Waals surface area (Å²) in [6.45, 7) is 6.80. The number of carboxylic acids is 1. The average molecular weight is 597 g/mol. The normalized spacial score (nSPS) is 24.9. The monoisotopic (exact) mass is 596 g/mol. The third-order valence-electron chi connectivity index (χ3n) is 8.92. The molecule has 13 nitrogen and oxygen atoms in total. The van der Waals surface area contributed by atoms with Crippen LogP contribution < -0.4 is 10.6 Å². The van der Waals surface area contributed by atoms with Crippen molar-refractivity contribution in [2.75, 3.05) is 36.8 Å². The lowest BCUT2D eigenvalue weighted by molar-refractivity contribution is -0.146. The predicted octanol–water partition coefficient (Wildman–Crippen LogP) is 3.28. The zero-order valence-electron chi connectivity index (χ0n) is 25.4. The number of nitrogens with zero attached hydrogens (tertiary/aromatic N) is 6. The number of carboxylic acid groups (broad SMARTS) is 1. The molecule has 2 aromatic heterocycles. The van der Waals surface area contributed by atoms with Gasteiger partial charge in [-0.2, -0.15) is 10.1 Å². The number of piperazine rings is 1.